The predicted molar refractivity (Wildman–Crippen MR) is 132 cm³/mol. The number of nitro groups is 1. The van der Waals surface area contributed by atoms with Gasteiger partial charge in [0, 0.05) is 43.5 Å². The number of benzene rings is 2. The average molecular weight is 477 g/mol. The molecule has 182 valence electrons. The third kappa shape index (κ3) is 4.15. The van der Waals surface area contributed by atoms with E-state index in [1.807, 2.05) is 29.2 Å². The van der Waals surface area contributed by atoms with E-state index in [4.69, 9.17) is 0 Å². The maximum Gasteiger partial charge on any atom is 0.294 e. The summed E-state index contributed by atoms with van der Waals surface area (Å²) in [5.41, 5.74) is 2.34. The first-order valence-corrected chi connectivity index (χ1v) is 12.1. The monoisotopic (exact) mass is 476 g/mol. The summed E-state index contributed by atoms with van der Waals surface area (Å²) < 4.78 is 0. The van der Waals surface area contributed by atoms with E-state index in [0.717, 1.165) is 18.5 Å². The molecule has 9 nitrogen and oxygen atoms in total. The number of hydrogen-bond donors (Lipinski definition) is 0. The van der Waals surface area contributed by atoms with Crippen LogP contribution in [-0.2, 0) is 9.59 Å². The number of Topliss-reactive ketones (excluding diaryl/α,β-unsaturated/α-hetero) is 1. The van der Waals surface area contributed by atoms with Crippen molar-refractivity contribution in [1.82, 2.24) is 0 Å². The molecule has 2 aromatic carbocycles. The van der Waals surface area contributed by atoms with E-state index in [9.17, 15) is 24.5 Å². The topological polar surface area (TPSA) is 104 Å². The van der Waals surface area contributed by atoms with Crippen LogP contribution < -0.4 is 14.7 Å². The molecule has 0 bridgehead atoms. The summed E-state index contributed by atoms with van der Waals surface area (Å²) in [4.78, 5) is 54.3. The van der Waals surface area contributed by atoms with Crippen molar-refractivity contribution in [2.75, 3.05) is 40.9 Å². The Morgan fingerprint density at radius 3 is 1.94 bits per heavy atom. The summed E-state index contributed by atoms with van der Waals surface area (Å²) in [6.07, 6.45) is 3.27. The van der Waals surface area contributed by atoms with Gasteiger partial charge in [-0.25, -0.2) is 4.90 Å². The van der Waals surface area contributed by atoms with Gasteiger partial charge in [0.25, 0.3) is 5.69 Å². The number of carbonyl (C=O) groups is 3. The van der Waals surface area contributed by atoms with Crippen LogP contribution in [-0.4, -0.2) is 48.7 Å². The van der Waals surface area contributed by atoms with Crippen molar-refractivity contribution < 1.29 is 19.3 Å². The Morgan fingerprint density at radius 1 is 0.857 bits per heavy atom. The third-order valence-corrected chi connectivity index (χ3v) is 7.51. The Balaban J connectivity index is 1.34. The zero-order valence-electron chi connectivity index (χ0n) is 19.7. The summed E-state index contributed by atoms with van der Waals surface area (Å²) >= 11 is 0. The van der Waals surface area contributed by atoms with Crippen LogP contribution in [0.2, 0.25) is 0 Å². The molecule has 2 amide bonds. The third-order valence-electron chi connectivity index (χ3n) is 7.51. The molecule has 1 saturated carbocycles. The van der Waals surface area contributed by atoms with Crippen LogP contribution in [0.15, 0.2) is 42.5 Å². The molecule has 2 aromatic rings. The highest BCUT2D eigenvalue weighted by Crippen LogP contribution is 2.42. The van der Waals surface area contributed by atoms with E-state index in [0.29, 0.717) is 50.3 Å². The first-order valence-electron chi connectivity index (χ1n) is 12.1. The smallest absolute Gasteiger partial charge is 0.294 e. The number of amides is 2. The van der Waals surface area contributed by atoms with Gasteiger partial charge in [0.05, 0.1) is 22.4 Å². The lowest BCUT2D eigenvalue weighted by molar-refractivity contribution is -0.384. The van der Waals surface area contributed by atoms with Gasteiger partial charge in [-0.3, -0.25) is 24.5 Å². The minimum Gasteiger partial charge on any atom is -0.368 e. The van der Waals surface area contributed by atoms with Gasteiger partial charge >= 0.3 is 0 Å². The van der Waals surface area contributed by atoms with Crippen molar-refractivity contribution in [1.29, 1.82) is 0 Å². The molecule has 3 aliphatic rings. The molecule has 2 unspecified atom stereocenters. The Bertz CT molecular complexity index is 1160. The molecular formula is C26H28N4O5. The first kappa shape index (κ1) is 23.0. The summed E-state index contributed by atoms with van der Waals surface area (Å²) in [5.74, 6) is -1.04. The molecule has 0 N–H and O–H groups in total. The van der Waals surface area contributed by atoms with E-state index < -0.39 is 4.92 Å². The second-order valence-electron chi connectivity index (χ2n) is 9.52. The average Bonchev–Trinajstić information content (AvgIpc) is 3.13. The second kappa shape index (κ2) is 9.13. The molecule has 2 heterocycles. The molecule has 0 spiro atoms. The lowest BCUT2D eigenvalue weighted by atomic mass is 9.81. The molecule has 3 fully saturated rings. The zero-order valence-corrected chi connectivity index (χ0v) is 19.7. The Hall–Kier alpha value is -3.75. The van der Waals surface area contributed by atoms with Gasteiger partial charge in [0.2, 0.25) is 11.8 Å². The van der Waals surface area contributed by atoms with Gasteiger partial charge in [-0.05, 0) is 56.2 Å². The Labute approximate surface area is 203 Å². The number of imide groups is 1. The first-order chi connectivity index (χ1) is 16.8. The van der Waals surface area contributed by atoms with E-state index in [1.165, 1.54) is 17.9 Å². The number of carbonyl (C=O) groups excluding carboxylic acids is 3. The van der Waals surface area contributed by atoms with Crippen LogP contribution in [0.25, 0.3) is 0 Å². The maximum absolute atomic E-state index is 12.9. The van der Waals surface area contributed by atoms with Gasteiger partial charge in [0.15, 0.2) is 5.78 Å². The van der Waals surface area contributed by atoms with Crippen molar-refractivity contribution in [3.05, 3.63) is 58.1 Å². The lowest BCUT2D eigenvalue weighted by Crippen LogP contribution is -2.46. The molecule has 0 aromatic heterocycles. The van der Waals surface area contributed by atoms with E-state index in [2.05, 4.69) is 4.90 Å². The highest BCUT2D eigenvalue weighted by molar-refractivity contribution is 6.22. The summed E-state index contributed by atoms with van der Waals surface area (Å²) in [6, 6.07) is 12.1. The van der Waals surface area contributed by atoms with E-state index in [1.54, 1.807) is 12.1 Å². The van der Waals surface area contributed by atoms with Crippen molar-refractivity contribution in [2.45, 2.75) is 32.6 Å². The minimum atomic E-state index is -0.441. The maximum atomic E-state index is 12.9. The fraction of sp³-hybridized carbons (Fsp3) is 0.423. The van der Waals surface area contributed by atoms with E-state index in [-0.39, 0.29) is 40.8 Å². The number of piperazine rings is 1. The highest BCUT2D eigenvalue weighted by Gasteiger charge is 2.49. The summed E-state index contributed by atoms with van der Waals surface area (Å²) in [5, 5.41) is 12.0. The number of nitrogens with zero attached hydrogens (tertiary/aromatic N) is 4. The number of ketones is 1. The van der Waals surface area contributed by atoms with Crippen molar-refractivity contribution >= 4 is 40.3 Å². The van der Waals surface area contributed by atoms with Gasteiger partial charge in [-0.15, -0.1) is 0 Å². The molecule has 9 heteroatoms. The second-order valence-corrected chi connectivity index (χ2v) is 9.52. The van der Waals surface area contributed by atoms with E-state index >= 15 is 0 Å². The van der Waals surface area contributed by atoms with Crippen molar-refractivity contribution in [2.24, 2.45) is 11.8 Å². The normalized spacial score (nSPS) is 22.4. The van der Waals surface area contributed by atoms with Gasteiger partial charge in [-0.1, -0.05) is 12.8 Å². The number of nitro benzene ring substituents is 1. The predicted octanol–water partition coefficient (Wildman–Crippen LogP) is 3.80. The Kier molecular flexibility index (Phi) is 6.00. The fourth-order valence-corrected chi connectivity index (χ4v) is 5.59. The number of hydrogen-bond acceptors (Lipinski definition) is 7. The fourth-order valence-electron chi connectivity index (χ4n) is 5.59. The van der Waals surface area contributed by atoms with Crippen LogP contribution in [0.3, 0.4) is 0 Å². The highest BCUT2D eigenvalue weighted by atomic mass is 16.6. The lowest BCUT2D eigenvalue weighted by Gasteiger charge is -2.37. The Morgan fingerprint density at radius 2 is 1.40 bits per heavy atom. The van der Waals surface area contributed by atoms with Gasteiger partial charge in [-0.2, -0.15) is 0 Å². The van der Waals surface area contributed by atoms with Crippen LogP contribution in [0.5, 0.6) is 0 Å². The summed E-state index contributed by atoms with van der Waals surface area (Å²) in [7, 11) is 0. The largest absolute Gasteiger partial charge is 0.368 e. The number of fused-ring (bicyclic) bond motifs is 1. The molecule has 35 heavy (non-hydrogen) atoms. The summed E-state index contributed by atoms with van der Waals surface area (Å²) in [6.45, 7) is 4.05. The van der Waals surface area contributed by atoms with Crippen LogP contribution in [0.1, 0.15) is 43.0 Å². The SMILES string of the molecule is CC(=O)c1ccc(N2CCN(c3ccc(N4C(=O)C5CCCCC5C4=O)cc3[N+](=O)[O-])CC2)cc1. The zero-order chi connectivity index (χ0) is 24.7. The molecular weight excluding hydrogens is 448 g/mol. The minimum absolute atomic E-state index is 0.0215. The number of anilines is 3. The quantitative estimate of drug-likeness (QED) is 0.280. The molecule has 0 radical (unpaired) electrons. The molecule has 1 aliphatic carbocycles. The molecule has 2 saturated heterocycles. The number of rotatable bonds is 5. The van der Waals surface area contributed by atoms with Crippen LogP contribution in [0.4, 0.5) is 22.7 Å². The van der Waals surface area contributed by atoms with Crippen molar-refractivity contribution in [3.8, 4) is 0 Å². The molecule has 5 rings (SSSR count). The van der Waals surface area contributed by atoms with Crippen LogP contribution >= 0.6 is 0 Å². The standard InChI is InChI=1S/C26H28N4O5/c1-17(31)18-6-8-19(9-7-18)27-12-14-28(15-13-27)23-11-10-20(16-24(23)30(34)35)29-25(32)21-4-2-3-5-22(21)26(29)33/h6-11,16,21-22H,2-5,12-15H2,1H3. The van der Waals surface area contributed by atoms with Crippen molar-refractivity contribution in [3.63, 3.8) is 0 Å². The molecule has 2 aliphatic heterocycles. The van der Waals surface area contributed by atoms with Gasteiger partial charge in [0.1, 0.15) is 5.69 Å². The van der Waals surface area contributed by atoms with Gasteiger partial charge < -0.3 is 9.80 Å². The molecule has 2 atom stereocenters. The van der Waals surface area contributed by atoms with Crippen LogP contribution in [0, 0.1) is 22.0 Å².